The number of likely N-dealkylation sites (tertiary alicyclic amines) is 1. The molecule has 27 heavy (non-hydrogen) atoms. The molecule has 1 fully saturated rings. The van der Waals surface area contributed by atoms with Crippen molar-refractivity contribution in [2.24, 2.45) is 7.05 Å². The number of rotatable bonds is 6. The zero-order valence-corrected chi connectivity index (χ0v) is 16.7. The van der Waals surface area contributed by atoms with Gasteiger partial charge in [-0.05, 0) is 62.4 Å². The number of carbonyl (C=O) groups excluding carboxylic acids is 1. The lowest BCUT2D eigenvalue weighted by molar-refractivity contribution is -0.134. The lowest BCUT2D eigenvalue weighted by Crippen LogP contribution is -2.31. The van der Waals surface area contributed by atoms with E-state index >= 15 is 0 Å². The fraction of sp³-hybridized carbons (Fsp3) is 0.455. The zero-order chi connectivity index (χ0) is 19.4. The van der Waals surface area contributed by atoms with E-state index in [1.165, 1.54) is 42.8 Å². The Morgan fingerprint density at radius 1 is 1.30 bits per heavy atom. The van der Waals surface area contributed by atoms with E-state index in [9.17, 15) is 4.79 Å². The maximum absolute atomic E-state index is 11.2. The van der Waals surface area contributed by atoms with E-state index in [1.807, 2.05) is 11.7 Å². The number of methoxy groups -OCH3 is 1. The first-order valence-electron chi connectivity index (χ1n) is 9.56. The van der Waals surface area contributed by atoms with Gasteiger partial charge in [0.25, 0.3) is 0 Å². The van der Waals surface area contributed by atoms with Crippen LogP contribution in [-0.2, 0) is 29.5 Å². The monoisotopic (exact) mass is 367 g/mol. The van der Waals surface area contributed by atoms with Gasteiger partial charge in [-0.15, -0.1) is 0 Å². The average Bonchev–Trinajstić information content (AvgIpc) is 3.20. The molecule has 0 unspecified atom stereocenters. The van der Waals surface area contributed by atoms with Crippen LogP contribution in [0.15, 0.2) is 30.3 Å². The van der Waals surface area contributed by atoms with E-state index in [0.29, 0.717) is 6.04 Å². The van der Waals surface area contributed by atoms with Crippen molar-refractivity contribution in [3.8, 4) is 0 Å². The Morgan fingerprint density at radius 3 is 2.67 bits per heavy atom. The fourth-order valence-corrected chi connectivity index (χ4v) is 3.88. The van der Waals surface area contributed by atoms with Crippen molar-refractivity contribution in [1.82, 2.24) is 14.7 Å². The average molecular weight is 367 g/mol. The van der Waals surface area contributed by atoms with Crippen molar-refractivity contribution in [3.63, 3.8) is 0 Å². The third-order valence-electron chi connectivity index (χ3n) is 5.58. The summed E-state index contributed by atoms with van der Waals surface area (Å²) in [6.45, 7) is 6.38. The van der Waals surface area contributed by atoms with Crippen molar-refractivity contribution in [2.45, 2.75) is 45.7 Å². The number of aromatic nitrogens is 2. The van der Waals surface area contributed by atoms with Crippen LogP contribution in [0.4, 0.5) is 0 Å². The standard InChI is InChI=1S/C22H29N3O2/c1-16-21(17(2)24(3)23-16)14-20-6-5-13-25(20)15-19-9-7-18(8-10-19)11-12-22(26)27-4/h7-12,20H,5-6,13-15H2,1-4H3/b12-11+/t20-/m1/s1. The minimum Gasteiger partial charge on any atom is -0.466 e. The van der Waals surface area contributed by atoms with E-state index in [1.54, 1.807) is 6.08 Å². The van der Waals surface area contributed by atoms with Gasteiger partial charge >= 0.3 is 5.97 Å². The molecule has 0 amide bonds. The number of carbonyl (C=O) groups is 1. The molecule has 2 aromatic rings. The SMILES string of the molecule is COC(=O)/C=C/c1ccc(CN2CCC[C@@H]2Cc2c(C)nn(C)c2C)cc1. The number of benzene rings is 1. The maximum atomic E-state index is 11.2. The van der Waals surface area contributed by atoms with Crippen LogP contribution in [0.1, 0.15) is 40.9 Å². The van der Waals surface area contributed by atoms with Gasteiger partial charge in [-0.2, -0.15) is 5.10 Å². The molecular weight excluding hydrogens is 338 g/mol. The molecule has 1 aromatic carbocycles. The summed E-state index contributed by atoms with van der Waals surface area (Å²) in [6.07, 6.45) is 6.80. The summed E-state index contributed by atoms with van der Waals surface area (Å²) >= 11 is 0. The van der Waals surface area contributed by atoms with Gasteiger partial charge in [-0.25, -0.2) is 4.79 Å². The lowest BCUT2D eigenvalue weighted by atomic mass is 10.0. The zero-order valence-electron chi connectivity index (χ0n) is 16.7. The summed E-state index contributed by atoms with van der Waals surface area (Å²) in [6, 6.07) is 8.97. The summed E-state index contributed by atoms with van der Waals surface area (Å²) in [7, 11) is 3.41. The molecule has 1 saturated heterocycles. The van der Waals surface area contributed by atoms with Crippen molar-refractivity contribution in [2.75, 3.05) is 13.7 Å². The van der Waals surface area contributed by atoms with Crippen molar-refractivity contribution < 1.29 is 9.53 Å². The van der Waals surface area contributed by atoms with Gasteiger partial charge in [0.05, 0.1) is 12.8 Å². The second-order valence-corrected chi connectivity index (χ2v) is 7.34. The van der Waals surface area contributed by atoms with Gasteiger partial charge in [0.15, 0.2) is 0 Å². The first-order chi connectivity index (χ1) is 13.0. The van der Waals surface area contributed by atoms with Crippen molar-refractivity contribution in [1.29, 1.82) is 0 Å². The summed E-state index contributed by atoms with van der Waals surface area (Å²) in [5, 5.41) is 4.57. The Bertz CT molecular complexity index is 821. The molecule has 0 saturated carbocycles. The Morgan fingerprint density at radius 2 is 2.04 bits per heavy atom. The molecular formula is C22H29N3O2. The Labute approximate surface area is 161 Å². The number of aryl methyl sites for hydroxylation is 2. The van der Waals surface area contributed by atoms with Gasteiger partial charge in [-0.1, -0.05) is 24.3 Å². The van der Waals surface area contributed by atoms with Crippen LogP contribution >= 0.6 is 0 Å². The van der Waals surface area contributed by atoms with E-state index < -0.39 is 0 Å². The summed E-state index contributed by atoms with van der Waals surface area (Å²) < 4.78 is 6.62. The third-order valence-corrected chi connectivity index (χ3v) is 5.58. The topological polar surface area (TPSA) is 47.4 Å². The largest absolute Gasteiger partial charge is 0.466 e. The molecule has 0 radical (unpaired) electrons. The molecule has 1 atom stereocenters. The maximum Gasteiger partial charge on any atom is 0.330 e. The second kappa shape index (κ2) is 8.53. The summed E-state index contributed by atoms with van der Waals surface area (Å²) in [4.78, 5) is 13.8. The number of nitrogens with zero attached hydrogens (tertiary/aromatic N) is 3. The molecule has 2 heterocycles. The van der Waals surface area contributed by atoms with E-state index in [2.05, 4.69) is 52.8 Å². The molecule has 0 aliphatic carbocycles. The van der Waals surface area contributed by atoms with Crippen LogP contribution in [0.2, 0.25) is 0 Å². The third kappa shape index (κ3) is 4.66. The quantitative estimate of drug-likeness (QED) is 0.580. The highest BCUT2D eigenvalue weighted by molar-refractivity contribution is 5.86. The molecule has 5 nitrogen and oxygen atoms in total. The van der Waals surface area contributed by atoms with Crippen molar-refractivity contribution in [3.05, 3.63) is 58.4 Å². The Kier molecular flexibility index (Phi) is 6.11. The Balaban J connectivity index is 1.64. The molecule has 1 aromatic heterocycles. The minimum atomic E-state index is -0.333. The van der Waals surface area contributed by atoms with Crippen molar-refractivity contribution >= 4 is 12.0 Å². The van der Waals surface area contributed by atoms with Crippen LogP contribution in [-0.4, -0.2) is 40.3 Å². The molecule has 0 spiro atoms. The van der Waals surface area contributed by atoms with Crippen LogP contribution in [0.3, 0.4) is 0 Å². The smallest absolute Gasteiger partial charge is 0.330 e. The molecule has 0 N–H and O–H groups in total. The molecule has 1 aliphatic heterocycles. The first-order valence-corrected chi connectivity index (χ1v) is 9.56. The summed E-state index contributed by atoms with van der Waals surface area (Å²) in [5.41, 5.74) is 6.14. The Hall–Kier alpha value is -2.40. The molecule has 0 bridgehead atoms. The summed E-state index contributed by atoms with van der Waals surface area (Å²) in [5.74, 6) is -0.333. The molecule has 5 heteroatoms. The van der Waals surface area contributed by atoms with Crippen LogP contribution in [0.25, 0.3) is 6.08 Å². The predicted octanol–water partition coefficient (Wildman–Crippen LogP) is 3.43. The first kappa shape index (κ1) is 19.4. The van der Waals surface area contributed by atoms with Crippen LogP contribution < -0.4 is 0 Å². The molecule has 144 valence electrons. The van der Waals surface area contributed by atoms with Gasteiger partial charge in [0, 0.05) is 31.4 Å². The number of ether oxygens (including phenoxy) is 1. The van der Waals surface area contributed by atoms with Crippen LogP contribution in [0, 0.1) is 13.8 Å². The highest BCUT2D eigenvalue weighted by Crippen LogP contribution is 2.26. The number of hydrogen-bond acceptors (Lipinski definition) is 4. The van der Waals surface area contributed by atoms with Gasteiger partial charge in [0.1, 0.15) is 0 Å². The van der Waals surface area contributed by atoms with E-state index in [0.717, 1.165) is 30.8 Å². The van der Waals surface area contributed by atoms with Gasteiger partial charge < -0.3 is 4.74 Å². The second-order valence-electron chi connectivity index (χ2n) is 7.34. The molecule has 1 aliphatic rings. The van der Waals surface area contributed by atoms with Crippen LogP contribution in [0.5, 0.6) is 0 Å². The highest BCUT2D eigenvalue weighted by atomic mass is 16.5. The van der Waals surface area contributed by atoms with E-state index in [-0.39, 0.29) is 5.97 Å². The minimum absolute atomic E-state index is 0.333. The number of esters is 1. The molecule has 3 rings (SSSR count). The lowest BCUT2D eigenvalue weighted by Gasteiger charge is -2.25. The highest BCUT2D eigenvalue weighted by Gasteiger charge is 2.26. The predicted molar refractivity (Wildman–Crippen MR) is 107 cm³/mol. The van der Waals surface area contributed by atoms with Gasteiger partial charge in [0.2, 0.25) is 0 Å². The van der Waals surface area contributed by atoms with Gasteiger partial charge in [-0.3, -0.25) is 9.58 Å². The van der Waals surface area contributed by atoms with E-state index in [4.69, 9.17) is 0 Å². The number of hydrogen-bond donors (Lipinski definition) is 0. The normalized spacial score (nSPS) is 17.7. The fourth-order valence-electron chi connectivity index (χ4n) is 3.88.